The van der Waals surface area contributed by atoms with Gasteiger partial charge in [0, 0.05) is 0 Å². The Morgan fingerprint density at radius 3 is 2.55 bits per heavy atom. The van der Waals surface area contributed by atoms with Gasteiger partial charge in [-0.05, 0) is 24.1 Å². The number of hydrogen-bond acceptors (Lipinski definition) is 2. The molecule has 0 bridgehead atoms. The molecular formula is C16H24N2O2. The minimum absolute atomic E-state index is 0.206. The molecule has 4 nitrogen and oxygen atoms in total. The number of aromatic nitrogens is 2. The van der Waals surface area contributed by atoms with Gasteiger partial charge in [-0.25, -0.2) is 4.79 Å². The van der Waals surface area contributed by atoms with Crippen LogP contribution in [0.3, 0.4) is 0 Å². The third kappa shape index (κ3) is 3.97. The molecular weight excluding hydrogens is 252 g/mol. The van der Waals surface area contributed by atoms with Crippen LogP contribution < -0.4 is 5.69 Å². The molecule has 0 aliphatic rings. The van der Waals surface area contributed by atoms with Gasteiger partial charge >= 0.3 is 5.69 Å². The summed E-state index contributed by atoms with van der Waals surface area (Å²) in [6.07, 6.45) is 7.69. The second-order valence-corrected chi connectivity index (χ2v) is 5.46. The van der Waals surface area contributed by atoms with Crippen molar-refractivity contribution in [2.24, 2.45) is 0 Å². The number of fused-ring (bicyclic) bond motifs is 1. The van der Waals surface area contributed by atoms with Crippen molar-refractivity contribution in [1.29, 1.82) is 0 Å². The number of aliphatic hydroxyl groups excluding tert-OH is 1. The Balaban J connectivity index is 1.84. The standard InChI is InChI=1S/C16H24N2O2/c1-2-3-4-5-6-7-8-15(19)12-9-10-13-14(11-12)18-16(20)17-13/h9-11,15,19H,2-8H2,1H3,(H2,17,18,20). The Hall–Kier alpha value is -1.55. The Labute approximate surface area is 119 Å². The lowest BCUT2D eigenvalue weighted by molar-refractivity contribution is 0.163. The first-order valence-electron chi connectivity index (χ1n) is 7.60. The van der Waals surface area contributed by atoms with E-state index in [4.69, 9.17) is 0 Å². The zero-order valence-corrected chi connectivity index (χ0v) is 12.1. The van der Waals surface area contributed by atoms with Crippen LogP contribution in [0.2, 0.25) is 0 Å². The third-order valence-electron chi connectivity index (χ3n) is 3.76. The summed E-state index contributed by atoms with van der Waals surface area (Å²) in [4.78, 5) is 16.6. The van der Waals surface area contributed by atoms with Crippen molar-refractivity contribution in [3.8, 4) is 0 Å². The van der Waals surface area contributed by atoms with Gasteiger partial charge in [0.05, 0.1) is 17.1 Å². The smallest absolute Gasteiger partial charge is 0.323 e. The summed E-state index contributed by atoms with van der Waals surface area (Å²) in [5.41, 5.74) is 2.21. The molecule has 0 spiro atoms. The Morgan fingerprint density at radius 1 is 1.05 bits per heavy atom. The maximum Gasteiger partial charge on any atom is 0.323 e. The largest absolute Gasteiger partial charge is 0.388 e. The number of rotatable bonds is 8. The highest BCUT2D eigenvalue weighted by Crippen LogP contribution is 2.22. The molecule has 0 fully saturated rings. The van der Waals surface area contributed by atoms with Crippen LogP contribution in [0.15, 0.2) is 23.0 Å². The lowest BCUT2D eigenvalue weighted by atomic mass is 10.0. The summed E-state index contributed by atoms with van der Waals surface area (Å²) >= 11 is 0. The van der Waals surface area contributed by atoms with Gasteiger partial charge in [-0.15, -0.1) is 0 Å². The van der Waals surface area contributed by atoms with Crippen LogP contribution in [-0.4, -0.2) is 15.1 Å². The zero-order valence-electron chi connectivity index (χ0n) is 12.1. The van der Waals surface area contributed by atoms with Crippen molar-refractivity contribution in [3.63, 3.8) is 0 Å². The zero-order chi connectivity index (χ0) is 14.4. The minimum Gasteiger partial charge on any atom is -0.388 e. The first-order valence-corrected chi connectivity index (χ1v) is 7.60. The maximum absolute atomic E-state index is 11.2. The molecule has 1 atom stereocenters. The van der Waals surface area contributed by atoms with E-state index in [9.17, 15) is 9.90 Å². The molecule has 0 aliphatic carbocycles. The topological polar surface area (TPSA) is 68.9 Å². The molecule has 0 amide bonds. The highest BCUT2D eigenvalue weighted by atomic mass is 16.3. The molecule has 0 saturated carbocycles. The monoisotopic (exact) mass is 276 g/mol. The number of imidazole rings is 1. The van der Waals surface area contributed by atoms with Crippen molar-refractivity contribution in [3.05, 3.63) is 34.2 Å². The van der Waals surface area contributed by atoms with E-state index in [1.165, 1.54) is 32.1 Å². The Morgan fingerprint density at radius 2 is 1.75 bits per heavy atom. The maximum atomic E-state index is 11.2. The SMILES string of the molecule is CCCCCCCCC(O)c1ccc2[nH]c(=O)[nH]c2c1. The fraction of sp³-hybridized carbons (Fsp3) is 0.562. The summed E-state index contributed by atoms with van der Waals surface area (Å²) in [6.45, 7) is 2.21. The van der Waals surface area contributed by atoms with Crippen molar-refractivity contribution in [2.75, 3.05) is 0 Å². The van der Waals surface area contributed by atoms with E-state index in [0.29, 0.717) is 0 Å². The normalized spacial score (nSPS) is 12.9. The molecule has 0 aliphatic heterocycles. The quantitative estimate of drug-likeness (QED) is 0.644. The molecule has 110 valence electrons. The van der Waals surface area contributed by atoms with Crippen molar-refractivity contribution in [1.82, 2.24) is 9.97 Å². The highest BCUT2D eigenvalue weighted by Gasteiger charge is 2.09. The summed E-state index contributed by atoms with van der Waals surface area (Å²) in [6, 6.07) is 5.58. The lowest BCUT2D eigenvalue weighted by Crippen LogP contribution is -1.99. The summed E-state index contributed by atoms with van der Waals surface area (Å²) in [7, 11) is 0. The van der Waals surface area contributed by atoms with E-state index >= 15 is 0 Å². The number of hydrogen-bond donors (Lipinski definition) is 3. The number of aliphatic hydroxyl groups is 1. The average molecular weight is 276 g/mol. The summed E-state index contributed by atoms with van der Waals surface area (Å²) in [5.74, 6) is 0. The van der Waals surface area contributed by atoms with E-state index in [-0.39, 0.29) is 5.69 Å². The van der Waals surface area contributed by atoms with Gasteiger partial charge in [0.1, 0.15) is 0 Å². The van der Waals surface area contributed by atoms with Crippen LogP contribution >= 0.6 is 0 Å². The van der Waals surface area contributed by atoms with E-state index in [0.717, 1.165) is 29.4 Å². The number of benzene rings is 1. The average Bonchev–Trinajstić information content (AvgIpc) is 2.81. The van der Waals surface area contributed by atoms with E-state index in [1.54, 1.807) is 0 Å². The fourth-order valence-corrected chi connectivity index (χ4v) is 2.54. The number of nitrogens with one attached hydrogen (secondary N) is 2. The molecule has 4 heteroatoms. The summed E-state index contributed by atoms with van der Waals surface area (Å²) in [5, 5.41) is 10.2. The van der Waals surface area contributed by atoms with Gasteiger partial charge in [-0.2, -0.15) is 0 Å². The van der Waals surface area contributed by atoms with E-state index in [2.05, 4.69) is 16.9 Å². The Bertz CT molecular complexity index is 585. The number of unbranched alkanes of at least 4 members (excludes halogenated alkanes) is 5. The lowest BCUT2D eigenvalue weighted by Gasteiger charge is -2.10. The van der Waals surface area contributed by atoms with Gasteiger partial charge in [-0.3, -0.25) is 0 Å². The first kappa shape index (κ1) is 14.9. The predicted molar refractivity (Wildman–Crippen MR) is 81.9 cm³/mol. The van der Waals surface area contributed by atoms with Gasteiger partial charge in [0.15, 0.2) is 0 Å². The van der Waals surface area contributed by atoms with Crippen LogP contribution in [0.25, 0.3) is 11.0 Å². The second kappa shape index (κ2) is 7.29. The molecule has 0 saturated heterocycles. The number of aromatic amines is 2. The molecule has 1 unspecified atom stereocenters. The van der Waals surface area contributed by atoms with Crippen molar-refractivity contribution < 1.29 is 5.11 Å². The molecule has 0 radical (unpaired) electrons. The van der Waals surface area contributed by atoms with Crippen molar-refractivity contribution >= 4 is 11.0 Å². The van der Waals surface area contributed by atoms with Crippen molar-refractivity contribution in [2.45, 2.75) is 58.0 Å². The fourth-order valence-electron chi connectivity index (χ4n) is 2.54. The number of H-pyrrole nitrogens is 2. The molecule has 1 aromatic carbocycles. The predicted octanol–water partition coefficient (Wildman–Crippen LogP) is 3.64. The summed E-state index contributed by atoms with van der Waals surface area (Å²) < 4.78 is 0. The Kier molecular flexibility index (Phi) is 5.41. The van der Waals surface area contributed by atoms with Gasteiger partial charge in [0.2, 0.25) is 0 Å². The molecule has 3 N–H and O–H groups in total. The van der Waals surface area contributed by atoms with Gasteiger partial charge in [-0.1, -0.05) is 51.5 Å². The van der Waals surface area contributed by atoms with Crippen LogP contribution in [0, 0.1) is 0 Å². The van der Waals surface area contributed by atoms with Gasteiger partial charge < -0.3 is 15.1 Å². The molecule has 1 heterocycles. The second-order valence-electron chi connectivity index (χ2n) is 5.46. The third-order valence-corrected chi connectivity index (χ3v) is 3.76. The van der Waals surface area contributed by atoms with Crippen LogP contribution in [0.1, 0.15) is 63.5 Å². The molecule has 20 heavy (non-hydrogen) atoms. The molecule has 2 aromatic rings. The molecule has 1 aromatic heterocycles. The first-order chi connectivity index (χ1) is 9.70. The molecule has 2 rings (SSSR count). The minimum atomic E-state index is -0.441. The van der Waals surface area contributed by atoms with Crippen LogP contribution in [0.5, 0.6) is 0 Å². The van der Waals surface area contributed by atoms with Gasteiger partial charge in [0.25, 0.3) is 0 Å². The highest BCUT2D eigenvalue weighted by molar-refractivity contribution is 5.75. The van der Waals surface area contributed by atoms with Crippen LogP contribution in [-0.2, 0) is 0 Å². The van der Waals surface area contributed by atoms with Crippen LogP contribution in [0.4, 0.5) is 0 Å². The van der Waals surface area contributed by atoms with E-state index in [1.807, 2.05) is 18.2 Å². The van der Waals surface area contributed by atoms with E-state index < -0.39 is 6.10 Å².